The molecule has 0 fully saturated rings. The van der Waals surface area contributed by atoms with Crippen molar-refractivity contribution in [1.82, 2.24) is 0 Å². The molecular formula is C10H19NO. The van der Waals surface area contributed by atoms with Crippen LogP contribution in [0.2, 0.25) is 0 Å². The van der Waals surface area contributed by atoms with Crippen molar-refractivity contribution in [1.29, 1.82) is 5.26 Å². The summed E-state index contributed by atoms with van der Waals surface area (Å²) in [5.41, 5.74) is -0.570. The minimum Gasteiger partial charge on any atom is -0.361 e. The van der Waals surface area contributed by atoms with E-state index in [2.05, 4.69) is 19.9 Å². The summed E-state index contributed by atoms with van der Waals surface area (Å²) in [7, 11) is 0. The van der Waals surface area contributed by atoms with E-state index in [1.165, 1.54) is 0 Å². The van der Waals surface area contributed by atoms with Crippen molar-refractivity contribution in [2.75, 3.05) is 6.61 Å². The molecule has 1 unspecified atom stereocenters. The van der Waals surface area contributed by atoms with Gasteiger partial charge in [0.05, 0.1) is 6.07 Å². The molecule has 0 aliphatic carbocycles. The summed E-state index contributed by atoms with van der Waals surface area (Å²) in [5, 5.41) is 8.85. The first-order chi connectivity index (χ1) is 5.54. The van der Waals surface area contributed by atoms with Crippen LogP contribution in [0, 0.1) is 17.2 Å². The molecule has 0 aliphatic heterocycles. The topological polar surface area (TPSA) is 33.0 Å². The third kappa shape index (κ3) is 4.35. The second kappa shape index (κ2) is 5.16. The zero-order valence-electron chi connectivity index (χ0n) is 8.55. The average Bonchev–Trinajstić information content (AvgIpc) is 2.02. The van der Waals surface area contributed by atoms with Gasteiger partial charge >= 0.3 is 0 Å². The van der Waals surface area contributed by atoms with E-state index >= 15 is 0 Å². The van der Waals surface area contributed by atoms with Gasteiger partial charge in [-0.15, -0.1) is 0 Å². The summed E-state index contributed by atoms with van der Waals surface area (Å²) in [6.07, 6.45) is 1.87. The van der Waals surface area contributed by atoms with Crippen LogP contribution in [0.3, 0.4) is 0 Å². The second-order valence-electron chi connectivity index (χ2n) is 3.71. The second-order valence-corrected chi connectivity index (χ2v) is 3.71. The summed E-state index contributed by atoms with van der Waals surface area (Å²) < 4.78 is 5.37. The Labute approximate surface area is 75.5 Å². The molecule has 2 nitrogen and oxygen atoms in total. The van der Waals surface area contributed by atoms with Crippen molar-refractivity contribution < 1.29 is 4.74 Å². The maximum atomic E-state index is 8.85. The molecule has 0 spiro atoms. The molecule has 12 heavy (non-hydrogen) atoms. The first kappa shape index (κ1) is 11.4. The van der Waals surface area contributed by atoms with E-state index < -0.39 is 5.60 Å². The van der Waals surface area contributed by atoms with Crippen LogP contribution in [0.25, 0.3) is 0 Å². The van der Waals surface area contributed by atoms with Crippen LogP contribution in [-0.2, 0) is 4.74 Å². The minimum absolute atomic E-state index is 0.570. The predicted molar refractivity (Wildman–Crippen MR) is 49.7 cm³/mol. The van der Waals surface area contributed by atoms with Crippen LogP contribution in [0.1, 0.15) is 40.5 Å². The SMILES string of the molecule is CCOC(C)(C#N)CCC(C)C. The molecule has 0 saturated heterocycles. The lowest BCUT2D eigenvalue weighted by molar-refractivity contribution is 0.00994. The van der Waals surface area contributed by atoms with Gasteiger partial charge in [-0.05, 0) is 32.6 Å². The fourth-order valence-corrected chi connectivity index (χ4v) is 1.04. The Bertz CT molecular complexity index is 160. The number of nitrogens with zero attached hydrogens (tertiary/aromatic N) is 1. The van der Waals surface area contributed by atoms with Crippen LogP contribution in [-0.4, -0.2) is 12.2 Å². The summed E-state index contributed by atoms with van der Waals surface area (Å²) in [6, 6.07) is 2.21. The molecule has 0 aromatic rings. The zero-order valence-corrected chi connectivity index (χ0v) is 8.55. The Morgan fingerprint density at radius 1 is 1.50 bits per heavy atom. The van der Waals surface area contributed by atoms with Gasteiger partial charge in [0.25, 0.3) is 0 Å². The fourth-order valence-electron chi connectivity index (χ4n) is 1.04. The van der Waals surface area contributed by atoms with E-state index in [1.54, 1.807) is 0 Å². The molecular weight excluding hydrogens is 150 g/mol. The maximum Gasteiger partial charge on any atom is 0.151 e. The molecule has 1 atom stereocenters. The third-order valence-corrected chi connectivity index (χ3v) is 1.90. The molecule has 0 aliphatic rings. The molecule has 0 amide bonds. The number of nitriles is 1. The van der Waals surface area contributed by atoms with Crippen LogP contribution < -0.4 is 0 Å². The van der Waals surface area contributed by atoms with Crippen LogP contribution in [0.15, 0.2) is 0 Å². The Hall–Kier alpha value is -0.550. The van der Waals surface area contributed by atoms with Gasteiger partial charge in [0, 0.05) is 6.61 Å². The van der Waals surface area contributed by atoms with Gasteiger partial charge in [0.1, 0.15) is 0 Å². The summed E-state index contributed by atoms with van der Waals surface area (Å²) in [6.45, 7) is 8.71. The van der Waals surface area contributed by atoms with Gasteiger partial charge < -0.3 is 4.74 Å². The molecule has 0 aromatic carbocycles. The monoisotopic (exact) mass is 169 g/mol. The van der Waals surface area contributed by atoms with Crippen molar-refractivity contribution in [2.24, 2.45) is 5.92 Å². The summed E-state index contributed by atoms with van der Waals surface area (Å²) in [4.78, 5) is 0. The standard InChI is InChI=1S/C10H19NO/c1-5-12-10(4,8-11)7-6-9(2)3/h9H,5-7H2,1-4H3. The van der Waals surface area contributed by atoms with E-state index in [0.29, 0.717) is 12.5 Å². The van der Waals surface area contributed by atoms with Crippen LogP contribution in [0.5, 0.6) is 0 Å². The van der Waals surface area contributed by atoms with Gasteiger partial charge in [-0.1, -0.05) is 13.8 Å². The third-order valence-electron chi connectivity index (χ3n) is 1.90. The molecule has 0 radical (unpaired) electrons. The predicted octanol–water partition coefficient (Wildman–Crippen LogP) is 2.74. The Kier molecular flexibility index (Phi) is 4.92. The molecule has 0 heterocycles. The first-order valence-electron chi connectivity index (χ1n) is 4.59. The van der Waals surface area contributed by atoms with Crippen LogP contribution >= 0.6 is 0 Å². The van der Waals surface area contributed by atoms with E-state index in [0.717, 1.165) is 12.8 Å². The molecule has 0 bridgehead atoms. The number of ether oxygens (including phenoxy) is 1. The number of hydrogen-bond donors (Lipinski definition) is 0. The van der Waals surface area contributed by atoms with Crippen molar-refractivity contribution in [2.45, 2.75) is 46.1 Å². The van der Waals surface area contributed by atoms with Crippen molar-refractivity contribution in [3.05, 3.63) is 0 Å². The minimum atomic E-state index is -0.570. The average molecular weight is 169 g/mol. The molecule has 0 N–H and O–H groups in total. The summed E-state index contributed by atoms with van der Waals surface area (Å²) in [5.74, 6) is 0.637. The number of rotatable bonds is 5. The molecule has 0 aromatic heterocycles. The molecule has 0 saturated carbocycles. The smallest absolute Gasteiger partial charge is 0.151 e. The van der Waals surface area contributed by atoms with E-state index in [1.807, 2.05) is 13.8 Å². The van der Waals surface area contributed by atoms with E-state index in [-0.39, 0.29) is 0 Å². The zero-order chi connectivity index (χ0) is 9.61. The van der Waals surface area contributed by atoms with Gasteiger partial charge in [-0.2, -0.15) is 5.26 Å². The highest BCUT2D eigenvalue weighted by Gasteiger charge is 2.23. The first-order valence-corrected chi connectivity index (χ1v) is 4.59. The maximum absolute atomic E-state index is 8.85. The van der Waals surface area contributed by atoms with Crippen LogP contribution in [0.4, 0.5) is 0 Å². The highest BCUT2D eigenvalue weighted by molar-refractivity contribution is 4.97. The quantitative estimate of drug-likeness (QED) is 0.634. The van der Waals surface area contributed by atoms with Gasteiger partial charge in [-0.3, -0.25) is 0 Å². The van der Waals surface area contributed by atoms with Gasteiger partial charge in [0.2, 0.25) is 0 Å². The lowest BCUT2D eigenvalue weighted by Crippen LogP contribution is -2.27. The lowest BCUT2D eigenvalue weighted by atomic mass is 9.96. The molecule has 2 heteroatoms. The highest BCUT2D eigenvalue weighted by Crippen LogP contribution is 2.19. The Balaban J connectivity index is 3.90. The lowest BCUT2D eigenvalue weighted by Gasteiger charge is -2.22. The normalized spacial score (nSPS) is 15.7. The molecule has 0 rings (SSSR count). The van der Waals surface area contributed by atoms with Crippen molar-refractivity contribution >= 4 is 0 Å². The van der Waals surface area contributed by atoms with Crippen molar-refractivity contribution in [3.63, 3.8) is 0 Å². The van der Waals surface area contributed by atoms with E-state index in [4.69, 9.17) is 10.00 Å². The van der Waals surface area contributed by atoms with Gasteiger partial charge in [-0.25, -0.2) is 0 Å². The van der Waals surface area contributed by atoms with E-state index in [9.17, 15) is 0 Å². The molecule has 70 valence electrons. The van der Waals surface area contributed by atoms with Crippen molar-refractivity contribution in [3.8, 4) is 6.07 Å². The highest BCUT2D eigenvalue weighted by atomic mass is 16.5. The largest absolute Gasteiger partial charge is 0.361 e. The summed E-state index contributed by atoms with van der Waals surface area (Å²) >= 11 is 0. The Morgan fingerprint density at radius 3 is 2.42 bits per heavy atom. The fraction of sp³-hybridized carbons (Fsp3) is 0.900. The Morgan fingerprint density at radius 2 is 2.08 bits per heavy atom. The van der Waals surface area contributed by atoms with Gasteiger partial charge in [0.15, 0.2) is 5.60 Å². The number of hydrogen-bond acceptors (Lipinski definition) is 2.